The highest BCUT2D eigenvalue weighted by atomic mass is 35.5. The van der Waals surface area contributed by atoms with E-state index in [1.807, 2.05) is 29.8 Å². The molecule has 2 aromatic rings. The van der Waals surface area contributed by atoms with Crippen LogP contribution in [-0.2, 0) is 17.8 Å². The van der Waals surface area contributed by atoms with E-state index in [2.05, 4.69) is 30.3 Å². The van der Waals surface area contributed by atoms with Crippen LogP contribution in [0.5, 0.6) is 0 Å². The predicted molar refractivity (Wildman–Crippen MR) is 107 cm³/mol. The Labute approximate surface area is 160 Å². The van der Waals surface area contributed by atoms with Gasteiger partial charge in [0.2, 0.25) is 5.91 Å². The number of hydrogen-bond donors (Lipinski definition) is 1. The lowest BCUT2D eigenvalue weighted by atomic mass is 9.85. The van der Waals surface area contributed by atoms with Gasteiger partial charge in [0.1, 0.15) is 0 Å². The van der Waals surface area contributed by atoms with Gasteiger partial charge in [0.05, 0.1) is 6.54 Å². The highest BCUT2D eigenvalue weighted by molar-refractivity contribution is 6.30. The van der Waals surface area contributed by atoms with Crippen molar-refractivity contribution in [2.75, 3.05) is 5.32 Å². The summed E-state index contributed by atoms with van der Waals surface area (Å²) in [5.74, 6) is 1.57. The van der Waals surface area contributed by atoms with Crippen LogP contribution in [0, 0.1) is 18.8 Å². The van der Waals surface area contributed by atoms with Gasteiger partial charge in [0.25, 0.3) is 0 Å². The number of anilines is 1. The number of amides is 1. The van der Waals surface area contributed by atoms with E-state index in [4.69, 9.17) is 11.6 Å². The summed E-state index contributed by atoms with van der Waals surface area (Å²) >= 11 is 6.23. The molecule has 1 aromatic carbocycles. The van der Waals surface area contributed by atoms with Crippen LogP contribution in [0.15, 0.2) is 24.3 Å². The van der Waals surface area contributed by atoms with Crippen molar-refractivity contribution in [1.29, 1.82) is 0 Å². The molecule has 0 atom stereocenters. The SMILES string of the molecule is Cc1cc(NC(=O)C2CCC2)nn1Cc1cc(Cl)ccc1CCC(C)C. The van der Waals surface area contributed by atoms with E-state index in [-0.39, 0.29) is 11.8 Å². The van der Waals surface area contributed by atoms with Crippen LogP contribution in [0.1, 0.15) is 56.4 Å². The molecule has 0 aliphatic heterocycles. The standard InChI is InChI=1S/C21H28ClN3O/c1-14(2)7-8-16-9-10-19(22)12-18(16)13-25-15(3)11-20(24-25)23-21(26)17-5-4-6-17/h9-12,14,17H,4-8,13H2,1-3H3,(H,23,24,26). The van der Waals surface area contributed by atoms with Gasteiger partial charge in [0.15, 0.2) is 5.82 Å². The number of carbonyl (C=O) groups is 1. The summed E-state index contributed by atoms with van der Waals surface area (Å²) in [7, 11) is 0. The normalized spacial score (nSPS) is 14.5. The van der Waals surface area contributed by atoms with Crippen LogP contribution in [0.2, 0.25) is 5.02 Å². The highest BCUT2D eigenvalue weighted by Crippen LogP contribution is 2.27. The maximum absolute atomic E-state index is 12.1. The lowest BCUT2D eigenvalue weighted by Gasteiger charge is -2.23. The molecule has 0 radical (unpaired) electrons. The topological polar surface area (TPSA) is 46.9 Å². The average molecular weight is 374 g/mol. The van der Waals surface area contributed by atoms with E-state index in [1.165, 1.54) is 11.1 Å². The molecule has 0 spiro atoms. The Kier molecular flexibility index (Phi) is 6.02. The van der Waals surface area contributed by atoms with Crippen LogP contribution in [0.4, 0.5) is 5.82 Å². The van der Waals surface area contributed by atoms with E-state index >= 15 is 0 Å². The highest BCUT2D eigenvalue weighted by Gasteiger charge is 2.25. The molecule has 1 heterocycles. The molecule has 5 heteroatoms. The Morgan fingerprint density at radius 2 is 2.08 bits per heavy atom. The van der Waals surface area contributed by atoms with E-state index in [9.17, 15) is 4.79 Å². The van der Waals surface area contributed by atoms with Crippen LogP contribution >= 0.6 is 11.6 Å². The third kappa shape index (κ3) is 4.67. The van der Waals surface area contributed by atoms with Crippen LogP contribution < -0.4 is 5.32 Å². The number of aromatic nitrogens is 2. The number of aryl methyl sites for hydroxylation is 2. The zero-order chi connectivity index (χ0) is 18.7. The van der Waals surface area contributed by atoms with Crippen molar-refractivity contribution in [3.05, 3.63) is 46.1 Å². The van der Waals surface area contributed by atoms with Gasteiger partial charge >= 0.3 is 0 Å². The molecule has 1 aromatic heterocycles. The predicted octanol–water partition coefficient (Wildman–Crippen LogP) is 5.22. The minimum absolute atomic E-state index is 0.0984. The largest absolute Gasteiger partial charge is 0.309 e. The molecule has 0 saturated heterocycles. The van der Waals surface area contributed by atoms with Gasteiger partial charge < -0.3 is 5.32 Å². The summed E-state index contributed by atoms with van der Waals surface area (Å²) in [6, 6.07) is 8.05. The van der Waals surface area contributed by atoms with Gasteiger partial charge in [-0.3, -0.25) is 9.48 Å². The molecule has 1 N–H and O–H groups in total. The van der Waals surface area contributed by atoms with Crippen molar-refractivity contribution in [1.82, 2.24) is 9.78 Å². The average Bonchev–Trinajstić information content (AvgIpc) is 2.84. The first-order valence-corrected chi connectivity index (χ1v) is 9.93. The first-order valence-electron chi connectivity index (χ1n) is 9.55. The minimum Gasteiger partial charge on any atom is -0.309 e. The first-order chi connectivity index (χ1) is 12.4. The Hall–Kier alpha value is -1.81. The van der Waals surface area contributed by atoms with Crippen molar-refractivity contribution >= 4 is 23.3 Å². The molecular formula is C21H28ClN3O. The van der Waals surface area contributed by atoms with Crippen molar-refractivity contribution < 1.29 is 4.79 Å². The molecule has 4 nitrogen and oxygen atoms in total. The number of nitrogens with zero attached hydrogens (tertiary/aromatic N) is 2. The second-order valence-electron chi connectivity index (χ2n) is 7.79. The summed E-state index contributed by atoms with van der Waals surface area (Å²) in [5.41, 5.74) is 3.54. The van der Waals surface area contributed by atoms with Gasteiger partial charge in [-0.05, 0) is 61.8 Å². The van der Waals surface area contributed by atoms with E-state index in [0.29, 0.717) is 18.3 Å². The number of carbonyl (C=O) groups excluding carboxylic acids is 1. The minimum atomic E-state index is 0.0984. The van der Waals surface area contributed by atoms with E-state index < -0.39 is 0 Å². The number of hydrogen-bond acceptors (Lipinski definition) is 2. The second-order valence-corrected chi connectivity index (χ2v) is 8.23. The number of halogens is 1. The zero-order valence-corrected chi connectivity index (χ0v) is 16.6. The quantitative estimate of drug-likeness (QED) is 0.723. The van der Waals surface area contributed by atoms with E-state index in [0.717, 1.165) is 42.8 Å². The van der Waals surface area contributed by atoms with Crippen molar-refractivity contribution in [3.8, 4) is 0 Å². The third-order valence-electron chi connectivity index (χ3n) is 5.19. The molecule has 140 valence electrons. The Bertz CT molecular complexity index is 778. The van der Waals surface area contributed by atoms with Gasteiger partial charge in [-0.2, -0.15) is 5.10 Å². The molecule has 3 rings (SSSR count). The molecular weight excluding hydrogens is 346 g/mol. The molecule has 1 fully saturated rings. The van der Waals surface area contributed by atoms with Crippen molar-refractivity contribution in [3.63, 3.8) is 0 Å². The van der Waals surface area contributed by atoms with Crippen LogP contribution in [0.25, 0.3) is 0 Å². The summed E-state index contributed by atoms with van der Waals surface area (Å²) in [6.07, 6.45) is 5.32. The fraction of sp³-hybridized carbons (Fsp3) is 0.524. The van der Waals surface area contributed by atoms with Gasteiger partial charge in [-0.1, -0.05) is 37.9 Å². The molecule has 1 saturated carbocycles. The molecule has 1 aliphatic carbocycles. The Morgan fingerprint density at radius 1 is 1.31 bits per heavy atom. The van der Waals surface area contributed by atoms with Gasteiger partial charge in [-0.15, -0.1) is 0 Å². The smallest absolute Gasteiger partial charge is 0.228 e. The second kappa shape index (κ2) is 8.26. The lowest BCUT2D eigenvalue weighted by molar-refractivity contribution is -0.122. The Balaban J connectivity index is 1.74. The van der Waals surface area contributed by atoms with Gasteiger partial charge in [0, 0.05) is 22.7 Å². The number of nitrogens with one attached hydrogen (secondary N) is 1. The van der Waals surface area contributed by atoms with Crippen LogP contribution in [-0.4, -0.2) is 15.7 Å². The van der Waals surface area contributed by atoms with Crippen molar-refractivity contribution in [2.45, 2.75) is 59.4 Å². The molecule has 26 heavy (non-hydrogen) atoms. The fourth-order valence-corrected chi connectivity index (χ4v) is 3.42. The molecule has 0 bridgehead atoms. The summed E-state index contributed by atoms with van der Waals surface area (Å²) < 4.78 is 1.95. The summed E-state index contributed by atoms with van der Waals surface area (Å²) in [5, 5.41) is 8.30. The maximum Gasteiger partial charge on any atom is 0.228 e. The fourth-order valence-electron chi connectivity index (χ4n) is 3.22. The summed E-state index contributed by atoms with van der Waals surface area (Å²) in [6.45, 7) is 7.16. The van der Waals surface area contributed by atoms with E-state index in [1.54, 1.807) is 0 Å². The summed E-state index contributed by atoms with van der Waals surface area (Å²) in [4.78, 5) is 12.1. The third-order valence-corrected chi connectivity index (χ3v) is 5.42. The first kappa shape index (κ1) is 19.0. The number of rotatable bonds is 7. The zero-order valence-electron chi connectivity index (χ0n) is 15.9. The number of benzene rings is 1. The maximum atomic E-state index is 12.1. The van der Waals surface area contributed by atoms with Gasteiger partial charge in [-0.25, -0.2) is 0 Å². The molecule has 1 amide bonds. The lowest BCUT2D eigenvalue weighted by Crippen LogP contribution is -2.28. The molecule has 0 unspecified atom stereocenters. The monoisotopic (exact) mass is 373 g/mol. The molecule has 1 aliphatic rings. The Morgan fingerprint density at radius 3 is 2.73 bits per heavy atom. The van der Waals surface area contributed by atoms with Crippen LogP contribution in [0.3, 0.4) is 0 Å². The van der Waals surface area contributed by atoms with Crippen molar-refractivity contribution in [2.24, 2.45) is 11.8 Å².